The highest BCUT2D eigenvalue weighted by atomic mass is 16.3. The number of nitrogens with two attached hydrogens (primary N) is 1. The zero-order chi connectivity index (χ0) is 13.4. The highest BCUT2D eigenvalue weighted by Gasteiger charge is 2.15. The van der Waals surface area contributed by atoms with E-state index < -0.39 is 17.4 Å². The van der Waals surface area contributed by atoms with Crippen LogP contribution in [0.4, 0.5) is 0 Å². The molecular formula is C10H15N5O3. The minimum atomic E-state index is -0.760. The third-order valence-corrected chi connectivity index (χ3v) is 2.90. The lowest BCUT2D eigenvalue weighted by molar-refractivity contribution is 0.163. The fourth-order valence-corrected chi connectivity index (χ4v) is 1.84. The lowest BCUT2D eigenvalue weighted by Crippen LogP contribution is -2.38. The first-order valence-corrected chi connectivity index (χ1v) is 5.46. The number of aromatic nitrogens is 4. The molecule has 0 aliphatic carbocycles. The van der Waals surface area contributed by atoms with Crippen molar-refractivity contribution in [1.29, 1.82) is 0 Å². The molecule has 0 unspecified atom stereocenters. The zero-order valence-corrected chi connectivity index (χ0v) is 10.2. The van der Waals surface area contributed by atoms with Crippen LogP contribution in [0.1, 0.15) is 0 Å². The molecule has 0 saturated carbocycles. The lowest BCUT2D eigenvalue weighted by Gasteiger charge is -2.09. The van der Waals surface area contributed by atoms with Gasteiger partial charge in [-0.05, 0) is 0 Å². The van der Waals surface area contributed by atoms with E-state index in [0.717, 1.165) is 4.57 Å². The number of rotatable bonds is 3. The van der Waals surface area contributed by atoms with Gasteiger partial charge in [-0.3, -0.25) is 13.9 Å². The van der Waals surface area contributed by atoms with Crippen LogP contribution in [0.2, 0.25) is 0 Å². The van der Waals surface area contributed by atoms with Gasteiger partial charge < -0.3 is 15.4 Å². The Morgan fingerprint density at radius 3 is 2.67 bits per heavy atom. The van der Waals surface area contributed by atoms with Crippen LogP contribution in [0, 0.1) is 0 Å². The van der Waals surface area contributed by atoms with E-state index in [2.05, 4.69) is 4.98 Å². The van der Waals surface area contributed by atoms with Gasteiger partial charge in [-0.15, -0.1) is 0 Å². The van der Waals surface area contributed by atoms with Gasteiger partial charge in [0.1, 0.15) is 0 Å². The molecule has 0 saturated heterocycles. The molecule has 2 heterocycles. The maximum Gasteiger partial charge on any atom is 0.332 e. The number of aliphatic hydroxyl groups is 1. The first kappa shape index (κ1) is 12.5. The minimum absolute atomic E-state index is 0.0890. The summed E-state index contributed by atoms with van der Waals surface area (Å²) in [6.45, 7) is 0.256. The topological polar surface area (TPSA) is 108 Å². The van der Waals surface area contributed by atoms with Crippen molar-refractivity contribution in [3.8, 4) is 0 Å². The number of aryl methyl sites for hydroxylation is 1. The van der Waals surface area contributed by atoms with Gasteiger partial charge in [-0.25, -0.2) is 9.78 Å². The van der Waals surface area contributed by atoms with E-state index in [9.17, 15) is 14.7 Å². The Morgan fingerprint density at radius 1 is 1.39 bits per heavy atom. The van der Waals surface area contributed by atoms with E-state index in [1.54, 1.807) is 7.05 Å². The predicted molar refractivity (Wildman–Crippen MR) is 65.3 cm³/mol. The molecule has 8 nitrogen and oxygen atoms in total. The second-order valence-electron chi connectivity index (χ2n) is 4.16. The summed E-state index contributed by atoms with van der Waals surface area (Å²) in [5.41, 5.74) is 5.05. The van der Waals surface area contributed by atoms with E-state index in [-0.39, 0.29) is 18.6 Å². The van der Waals surface area contributed by atoms with E-state index in [0.29, 0.717) is 5.65 Å². The van der Waals surface area contributed by atoms with Crippen molar-refractivity contribution < 1.29 is 5.11 Å². The summed E-state index contributed by atoms with van der Waals surface area (Å²) in [4.78, 5) is 27.8. The van der Waals surface area contributed by atoms with Crippen LogP contribution in [0.5, 0.6) is 0 Å². The fourth-order valence-electron chi connectivity index (χ4n) is 1.84. The molecule has 8 heteroatoms. The van der Waals surface area contributed by atoms with Crippen molar-refractivity contribution in [3.05, 3.63) is 27.2 Å². The largest absolute Gasteiger partial charge is 0.390 e. The van der Waals surface area contributed by atoms with Crippen LogP contribution in [0.15, 0.2) is 15.9 Å². The Morgan fingerprint density at radius 2 is 2.06 bits per heavy atom. The summed E-state index contributed by atoms with van der Waals surface area (Å²) < 4.78 is 3.81. The molecule has 2 aromatic rings. The average molecular weight is 253 g/mol. The van der Waals surface area contributed by atoms with Gasteiger partial charge in [0.15, 0.2) is 11.2 Å². The van der Waals surface area contributed by atoms with Crippen molar-refractivity contribution in [2.45, 2.75) is 12.6 Å². The zero-order valence-electron chi connectivity index (χ0n) is 10.2. The molecule has 0 amide bonds. The van der Waals surface area contributed by atoms with Crippen molar-refractivity contribution in [1.82, 2.24) is 18.7 Å². The van der Waals surface area contributed by atoms with Crippen molar-refractivity contribution in [2.24, 2.45) is 19.8 Å². The Labute approximate surface area is 102 Å². The van der Waals surface area contributed by atoms with Gasteiger partial charge in [0.25, 0.3) is 5.56 Å². The van der Waals surface area contributed by atoms with Gasteiger partial charge in [-0.2, -0.15) is 0 Å². The van der Waals surface area contributed by atoms with Crippen LogP contribution in [-0.4, -0.2) is 36.4 Å². The second-order valence-corrected chi connectivity index (χ2v) is 4.16. The molecule has 2 rings (SSSR count). The highest BCUT2D eigenvalue weighted by Crippen LogP contribution is 2.05. The van der Waals surface area contributed by atoms with Crippen molar-refractivity contribution in [3.63, 3.8) is 0 Å². The Kier molecular flexibility index (Phi) is 3.05. The number of hydrogen-bond acceptors (Lipinski definition) is 5. The van der Waals surface area contributed by atoms with Gasteiger partial charge in [-0.1, -0.05) is 0 Å². The molecule has 0 spiro atoms. The number of imidazole rings is 1. The molecule has 0 radical (unpaired) electrons. The summed E-state index contributed by atoms with van der Waals surface area (Å²) in [7, 11) is 2.95. The number of nitrogens with zero attached hydrogens (tertiary/aromatic N) is 4. The van der Waals surface area contributed by atoms with E-state index >= 15 is 0 Å². The molecule has 98 valence electrons. The summed E-state index contributed by atoms with van der Waals surface area (Å²) in [5.74, 6) is 0. The third kappa shape index (κ3) is 1.75. The third-order valence-electron chi connectivity index (χ3n) is 2.90. The predicted octanol–water partition coefficient (Wildman–Crippen LogP) is -2.25. The second kappa shape index (κ2) is 4.39. The van der Waals surface area contributed by atoms with Crippen LogP contribution in [0.25, 0.3) is 11.2 Å². The van der Waals surface area contributed by atoms with Crippen molar-refractivity contribution in [2.75, 3.05) is 6.54 Å². The van der Waals surface area contributed by atoms with E-state index in [1.807, 2.05) is 0 Å². The van der Waals surface area contributed by atoms with Gasteiger partial charge in [0.05, 0.1) is 19.0 Å². The average Bonchev–Trinajstić information content (AvgIpc) is 2.77. The summed E-state index contributed by atoms with van der Waals surface area (Å²) in [6.07, 6.45) is 0.661. The standard InChI is InChI=1S/C10H15N5O3/c1-13-8-7(9(17)14(2)10(13)18)15(5-12-8)4-6(16)3-11/h5-6,16H,3-4,11H2,1-2H3/t6-/m0/s1. The molecule has 0 aliphatic heterocycles. The molecule has 0 fully saturated rings. The SMILES string of the molecule is Cn1c(=O)c2c(ncn2C[C@@H](O)CN)n(C)c1=O. The summed E-state index contributed by atoms with van der Waals surface area (Å²) in [6, 6.07) is 0. The molecule has 1 atom stereocenters. The number of hydrogen-bond donors (Lipinski definition) is 2. The number of aliphatic hydroxyl groups excluding tert-OH is 1. The Hall–Kier alpha value is -1.93. The monoisotopic (exact) mass is 253 g/mol. The van der Waals surface area contributed by atoms with E-state index in [1.165, 1.54) is 22.5 Å². The molecule has 0 aromatic carbocycles. The maximum absolute atomic E-state index is 12.0. The smallest absolute Gasteiger partial charge is 0.332 e. The molecule has 2 aromatic heterocycles. The van der Waals surface area contributed by atoms with Gasteiger partial charge in [0, 0.05) is 20.6 Å². The lowest BCUT2D eigenvalue weighted by atomic mass is 10.3. The van der Waals surface area contributed by atoms with Crippen LogP contribution >= 0.6 is 0 Å². The molecule has 0 aliphatic rings. The van der Waals surface area contributed by atoms with Gasteiger partial charge in [0.2, 0.25) is 0 Å². The van der Waals surface area contributed by atoms with Crippen LogP contribution in [0.3, 0.4) is 0 Å². The number of fused-ring (bicyclic) bond motifs is 1. The molecule has 3 N–H and O–H groups in total. The Balaban J connectivity index is 2.74. The van der Waals surface area contributed by atoms with Crippen LogP contribution < -0.4 is 17.0 Å². The quantitative estimate of drug-likeness (QED) is 0.642. The fraction of sp³-hybridized carbons (Fsp3) is 0.500. The molecule has 0 bridgehead atoms. The first-order chi connectivity index (χ1) is 8.47. The molecule has 18 heavy (non-hydrogen) atoms. The van der Waals surface area contributed by atoms with Crippen molar-refractivity contribution >= 4 is 11.2 Å². The maximum atomic E-state index is 12.0. The summed E-state index contributed by atoms with van der Waals surface area (Å²) >= 11 is 0. The van der Waals surface area contributed by atoms with Crippen LogP contribution in [-0.2, 0) is 20.6 Å². The normalized spacial score (nSPS) is 13.1. The molecular weight excluding hydrogens is 238 g/mol. The minimum Gasteiger partial charge on any atom is -0.390 e. The van der Waals surface area contributed by atoms with Gasteiger partial charge >= 0.3 is 5.69 Å². The highest BCUT2D eigenvalue weighted by molar-refractivity contribution is 5.69. The summed E-state index contributed by atoms with van der Waals surface area (Å²) in [5, 5.41) is 9.52. The van der Waals surface area contributed by atoms with E-state index in [4.69, 9.17) is 5.73 Å². The first-order valence-electron chi connectivity index (χ1n) is 5.46. The Bertz CT molecular complexity index is 696.